The molecular formula is C17H24N2O. The van der Waals surface area contributed by atoms with Gasteiger partial charge in [0.2, 0.25) is 5.88 Å². The van der Waals surface area contributed by atoms with Crippen LogP contribution in [0.5, 0.6) is 5.88 Å². The summed E-state index contributed by atoms with van der Waals surface area (Å²) in [7, 11) is 1.97. The van der Waals surface area contributed by atoms with Crippen LogP contribution in [0.3, 0.4) is 0 Å². The summed E-state index contributed by atoms with van der Waals surface area (Å²) in [6, 6.07) is 4.15. The lowest BCUT2D eigenvalue weighted by molar-refractivity contribution is -0.0805. The smallest absolute Gasteiger partial charge is 0.213 e. The van der Waals surface area contributed by atoms with Crippen molar-refractivity contribution in [3.63, 3.8) is 0 Å². The molecule has 1 N–H and O–H groups in total. The number of pyridine rings is 1. The van der Waals surface area contributed by atoms with Gasteiger partial charge in [0, 0.05) is 18.8 Å². The molecule has 0 unspecified atom stereocenters. The first-order valence-electron chi connectivity index (χ1n) is 8.08. The monoisotopic (exact) mass is 272 g/mol. The fraction of sp³-hybridized carbons (Fsp3) is 0.706. The Morgan fingerprint density at radius 2 is 1.85 bits per heavy atom. The average molecular weight is 272 g/mol. The summed E-state index contributed by atoms with van der Waals surface area (Å²) in [5.41, 5.74) is 1.25. The number of rotatable bonds is 4. The van der Waals surface area contributed by atoms with Crippen LogP contribution < -0.4 is 10.1 Å². The van der Waals surface area contributed by atoms with Gasteiger partial charge in [0.15, 0.2) is 0 Å². The summed E-state index contributed by atoms with van der Waals surface area (Å²) < 4.78 is 6.34. The first kappa shape index (κ1) is 12.6. The van der Waals surface area contributed by atoms with Crippen LogP contribution >= 0.6 is 0 Å². The molecule has 108 valence electrons. The minimum Gasteiger partial charge on any atom is -0.474 e. The van der Waals surface area contributed by atoms with E-state index in [4.69, 9.17) is 4.74 Å². The molecule has 0 aliphatic heterocycles. The summed E-state index contributed by atoms with van der Waals surface area (Å²) in [5, 5.41) is 3.18. The minimum absolute atomic E-state index is 0.431. The third-order valence-electron chi connectivity index (χ3n) is 5.58. The normalized spacial score (nSPS) is 38.1. The standard InChI is InChI=1S/C17H24N2O/c1-18-10-11-2-3-19-16(9-11)20-17-14-5-12-4-13(7-14)8-15(17)6-12/h2-3,9,12-15,17-18H,4-8,10H2,1H3. The Balaban J connectivity index is 1.50. The Hall–Kier alpha value is -1.09. The largest absolute Gasteiger partial charge is 0.474 e. The highest BCUT2D eigenvalue weighted by molar-refractivity contribution is 5.21. The van der Waals surface area contributed by atoms with Crippen molar-refractivity contribution in [2.75, 3.05) is 7.05 Å². The maximum absolute atomic E-state index is 6.34. The number of hydrogen-bond donors (Lipinski definition) is 1. The molecule has 1 aromatic rings. The van der Waals surface area contributed by atoms with Crippen molar-refractivity contribution in [1.29, 1.82) is 0 Å². The molecule has 20 heavy (non-hydrogen) atoms. The highest BCUT2D eigenvalue weighted by Crippen LogP contribution is 2.54. The lowest BCUT2D eigenvalue weighted by Crippen LogP contribution is -2.50. The Bertz CT molecular complexity index is 460. The molecule has 4 saturated carbocycles. The molecule has 4 aliphatic rings. The molecule has 0 radical (unpaired) electrons. The Morgan fingerprint density at radius 3 is 2.50 bits per heavy atom. The quantitative estimate of drug-likeness (QED) is 0.915. The van der Waals surface area contributed by atoms with E-state index in [0.717, 1.165) is 36.1 Å². The first-order valence-corrected chi connectivity index (χ1v) is 8.08. The van der Waals surface area contributed by atoms with Crippen LogP contribution in [0.25, 0.3) is 0 Å². The lowest BCUT2D eigenvalue weighted by Gasteiger charge is -2.53. The van der Waals surface area contributed by atoms with Crippen LogP contribution in [0.2, 0.25) is 0 Å². The molecule has 0 spiro atoms. The van der Waals surface area contributed by atoms with Crippen molar-refractivity contribution >= 4 is 0 Å². The van der Waals surface area contributed by atoms with E-state index in [0.29, 0.717) is 6.10 Å². The van der Waals surface area contributed by atoms with Crippen molar-refractivity contribution in [3.8, 4) is 5.88 Å². The van der Waals surface area contributed by atoms with Gasteiger partial charge in [0.1, 0.15) is 6.10 Å². The van der Waals surface area contributed by atoms with Crippen LogP contribution in [-0.4, -0.2) is 18.1 Å². The van der Waals surface area contributed by atoms with E-state index in [1.54, 1.807) is 0 Å². The summed E-state index contributed by atoms with van der Waals surface area (Å²) in [5.74, 6) is 4.42. The number of nitrogens with one attached hydrogen (secondary N) is 1. The van der Waals surface area contributed by atoms with Gasteiger partial charge in [-0.25, -0.2) is 4.98 Å². The molecular weight excluding hydrogens is 248 g/mol. The molecule has 4 aliphatic carbocycles. The van der Waals surface area contributed by atoms with E-state index >= 15 is 0 Å². The van der Waals surface area contributed by atoms with E-state index < -0.39 is 0 Å². The van der Waals surface area contributed by atoms with Crippen LogP contribution in [0.15, 0.2) is 18.3 Å². The SMILES string of the molecule is CNCc1ccnc(OC2C3CC4CC(C3)CC2C4)c1. The molecule has 0 aromatic carbocycles. The van der Waals surface area contributed by atoms with Gasteiger partial charge in [0.25, 0.3) is 0 Å². The molecule has 1 aromatic heterocycles. The van der Waals surface area contributed by atoms with Gasteiger partial charge in [-0.2, -0.15) is 0 Å². The van der Waals surface area contributed by atoms with Gasteiger partial charge >= 0.3 is 0 Å². The molecule has 3 nitrogen and oxygen atoms in total. The lowest BCUT2D eigenvalue weighted by atomic mass is 9.55. The number of hydrogen-bond acceptors (Lipinski definition) is 3. The second kappa shape index (κ2) is 5.03. The zero-order chi connectivity index (χ0) is 13.5. The topological polar surface area (TPSA) is 34.2 Å². The van der Waals surface area contributed by atoms with Gasteiger partial charge in [-0.15, -0.1) is 0 Å². The molecule has 4 bridgehead atoms. The van der Waals surface area contributed by atoms with E-state index in [9.17, 15) is 0 Å². The fourth-order valence-electron chi connectivity index (χ4n) is 5.04. The van der Waals surface area contributed by atoms with E-state index in [-0.39, 0.29) is 0 Å². The Morgan fingerprint density at radius 1 is 1.15 bits per heavy atom. The Kier molecular flexibility index (Phi) is 3.18. The third kappa shape index (κ3) is 2.22. The fourth-order valence-corrected chi connectivity index (χ4v) is 5.04. The predicted octanol–water partition coefficient (Wildman–Crippen LogP) is 3.00. The first-order chi connectivity index (χ1) is 9.81. The van der Waals surface area contributed by atoms with Crippen molar-refractivity contribution in [3.05, 3.63) is 23.9 Å². The van der Waals surface area contributed by atoms with Gasteiger partial charge in [-0.05, 0) is 74.5 Å². The minimum atomic E-state index is 0.431. The highest BCUT2D eigenvalue weighted by atomic mass is 16.5. The zero-order valence-corrected chi connectivity index (χ0v) is 12.2. The predicted molar refractivity (Wildman–Crippen MR) is 78.5 cm³/mol. The van der Waals surface area contributed by atoms with Crippen molar-refractivity contribution in [1.82, 2.24) is 10.3 Å². The molecule has 0 saturated heterocycles. The molecule has 0 atom stereocenters. The Labute approximate surface area is 121 Å². The summed E-state index contributed by atoms with van der Waals surface area (Å²) in [6.45, 7) is 0.876. The summed E-state index contributed by atoms with van der Waals surface area (Å²) >= 11 is 0. The van der Waals surface area contributed by atoms with Gasteiger partial charge in [-0.3, -0.25) is 0 Å². The van der Waals surface area contributed by atoms with Crippen LogP contribution in [0, 0.1) is 23.7 Å². The third-order valence-corrected chi connectivity index (χ3v) is 5.58. The van der Waals surface area contributed by atoms with E-state index in [1.165, 1.54) is 37.7 Å². The summed E-state index contributed by atoms with van der Waals surface area (Å²) in [4.78, 5) is 4.42. The van der Waals surface area contributed by atoms with Crippen molar-refractivity contribution in [2.45, 2.75) is 44.8 Å². The summed E-state index contributed by atoms with van der Waals surface area (Å²) in [6.07, 6.45) is 9.39. The highest BCUT2D eigenvalue weighted by Gasteiger charge is 2.49. The van der Waals surface area contributed by atoms with E-state index in [2.05, 4.69) is 22.4 Å². The second-order valence-electron chi connectivity index (χ2n) is 7.05. The van der Waals surface area contributed by atoms with Crippen LogP contribution in [-0.2, 0) is 6.54 Å². The maximum atomic E-state index is 6.34. The van der Waals surface area contributed by atoms with Gasteiger partial charge in [-0.1, -0.05) is 0 Å². The second-order valence-corrected chi connectivity index (χ2v) is 7.05. The molecule has 4 fully saturated rings. The van der Waals surface area contributed by atoms with Crippen molar-refractivity contribution in [2.24, 2.45) is 23.7 Å². The van der Waals surface area contributed by atoms with Crippen LogP contribution in [0.1, 0.15) is 37.7 Å². The molecule has 5 rings (SSSR count). The maximum Gasteiger partial charge on any atom is 0.213 e. The van der Waals surface area contributed by atoms with Gasteiger partial charge in [0.05, 0.1) is 0 Å². The number of ether oxygens (including phenoxy) is 1. The van der Waals surface area contributed by atoms with Crippen LogP contribution in [0.4, 0.5) is 0 Å². The zero-order valence-electron chi connectivity index (χ0n) is 12.2. The van der Waals surface area contributed by atoms with Crippen molar-refractivity contribution < 1.29 is 4.74 Å². The number of aromatic nitrogens is 1. The number of nitrogens with zero attached hydrogens (tertiary/aromatic N) is 1. The molecule has 1 heterocycles. The molecule has 3 heteroatoms. The average Bonchev–Trinajstić information content (AvgIpc) is 2.43. The molecule has 0 amide bonds. The van der Waals surface area contributed by atoms with E-state index in [1.807, 2.05) is 13.2 Å². The van der Waals surface area contributed by atoms with Gasteiger partial charge < -0.3 is 10.1 Å².